The molecule has 0 radical (unpaired) electrons. The summed E-state index contributed by atoms with van der Waals surface area (Å²) in [7, 11) is 5.35. The summed E-state index contributed by atoms with van der Waals surface area (Å²) in [6.45, 7) is 5.39. The Morgan fingerprint density at radius 3 is 2.48 bits per heavy atom. The van der Waals surface area contributed by atoms with Crippen molar-refractivity contribution in [1.82, 2.24) is 15.5 Å². The molecule has 0 bridgehead atoms. The van der Waals surface area contributed by atoms with Gasteiger partial charge in [-0.25, -0.2) is 9.38 Å². The molecule has 1 saturated heterocycles. The average molecular weight is 576 g/mol. The lowest BCUT2D eigenvalue weighted by Crippen LogP contribution is -2.44. The van der Waals surface area contributed by atoms with Gasteiger partial charge in [0, 0.05) is 56.2 Å². The summed E-state index contributed by atoms with van der Waals surface area (Å²) < 4.78 is 23.6. The van der Waals surface area contributed by atoms with E-state index >= 15 is 0 Å². The first kappa shape index (κ1) is 30.2. The monoisotopic (exact) mass is 575 g/mol. The molecule has 2 aliphatic rings. The van der Waals surface area contributed by atoms with Crippen LogP contribution in [0.4, 0.5) is 21.5 Å². The van der Waals surface area contributed by atoms with Gasteiger partial charge in [0.05, 0.1) is 19.9 Å². The van der Waals surface area contributed by atoms with Gasteiger partial charge in [0.15, 0.2) is 0 Å². The minimum absolute atomic E-state index is 0.190. The molecule has 3 aromatic carbocycles. The van der Waals surface area contributed by atoms with E-state index in [0.717, 1.165) is 43.1 Å². The van der Waals surface area contributed by atoms with E-state index in [1.165, 1.54) is 11.8 Å². The van der Waals surface area contributed by atoms with Gasteiger partial charge < -0.3 is 40.5 Å². The first-order valence-corrected chi connectivity index (χ1v) is 13.7. The second-order valence-electron chi connectivity index (χ2n) is 9.71. The van der Waals surface area contributed by atoms with Crippen LogP contribution < -0.4 is 35.6 Å². The average Bonchev–Trinajstić information content (AvgIpc) is 3.02. The van der Waals surface area contributed by atoms with E-state index in [0.29, 0.717) is 42.8 Å². The number of benzene rings is 3. The molecular weight excluding hydrogens is 537 g/mol. The number of piperazine rings is 1. The molecule has 42 heavy (non-hydrogen) atoms. The molecule has 0 aliphatic carbocycles. The number of halogens is 1. The van der Waals surface area contributed by atoms with E-state index in [1.807, 2.05) is 18.2 Å². The predicted octanol–water partition coefficient (Wildman–Crippen LogP) is 3.85. The second kappa shape index (κ2) is 15.3. The van der Waals surface area contributed by atoms with Crippen molar-refractivity contribution in [2.45, 2.75) is 6.54 Å². The summed E-state index contributed by atoms with van der Waals surface area (Å²) >= 11 is 0. The van der Waals surface area contributed by atoms with Crippen molar-refractivity contribution in [2.75, 3.05) is 69.6 Å². The largest absolute Gasteiger partial charge is 0.497 e. The molecule has 0 unspecified atom stereocenters. The van der Waals surface area contributed by atoms with Crippen LogP contribution in [0.3, 0.4) is 0 Å². The van der Waals surface area contributed by atoms with Gasteiger partial charge in [0.1, 0.15) is 35.6 Å². The van der Waals surface area contributed by atoms with Crippen molar-refractivity contribution in [3.05, 3.63) is 90.0 Å². The molecule has 4 N–H and O–H groups in total. The minimum atomic E-state index is -0.190. The van der Waals surface area contributed by atoms with Gasteiger partial charge in [0.25, 0.3) is 0 Å². The second-order valence-corrected chi connectivity index (χ2v) is 9.71. The fraction of sp³-hybridized carbons (Fsp3) is 0.290. The molecule has 5 rings (SSSR count). The maximum atomic E-state index is 13.1. The van der Waals surface area contributed by atoms with Crippen molar-refractivity contribution in [1.29, 1.82) is 0 Å². The summed E-state index contributed by atoms with van der Waals surface area (Å²) in [5, 5.41) is 12.1. The smallest absolute Gasteiger partial charge is 0.212 e. The Labute approximate surface area is 246 Å². The quantitative estimate of drug-likeness (QED) is 0.286. The first-order chi connectivity index (χ1) is 20.5. The Kier molecular flexibility index (Phi) is 11.0. The van der Waals surface area contributed by atoms with Gasteiger partial charge in [-0.1, -0.05) is 12.1 Å². The van der Waals surface area contributed by atoms with Gasteiger partial charge in [-0.3, -0.25) is 4.79 Å². The van der Waals surface area contributed by atoms with Crippen LogP contribution in [-0.4, -0.2) is 71.3 Å². The number of carbonyl (C=O) groups excluding carboxylic acids is 1. The van der Waals surface area contributed by atoms with Gasteiger partial charge in [-0.05, 0) is 61.1 Å². The van der Waals surface area contributed by atoms with E-state index in [1.54, 1.807) is 38.5 Å². The van der Waals surface area contributed by atoms with Gasteiger partial charge >= 0.3 is 0 Å². The lowest BCUT2D eigenvalue weighted by molar-refractivity contribution is -0.108. The molecule has 1 amide bonds. The molecule has 10 nitrogen and oxygen atoms in total. The number of nitrogens with one attached hydrogen (secondary N) is 4. The molecule has 222 valence electrons. The molecule has 0 aromatic heterocycles. The van der Waals surface area contributed by atoms with E-state index in [-0.39, 0.29) is 5.82 Å². The van der Waals surface area contributed by atoms with Gasteiger partial charge in [-0.15, -0.1) is 0 Å². The van der Waals surface area contributed by atoms with Crippen molar-refractivity contribution in [3.8, 4) is 11.5 Å². The molecular formula is C31H38FN7O3. The third-order valence-electron chi connectivity index (χ3n) is 6.81. The zero-order valence-electron chi connectivity index (χ0n) is 24.2. The fourth-order valence-electron chi connectivity index (χ4n) is 4.42. The highest BCUT2D eigenvalue weighted by Crippen LogP contribution is 2.29. The molecule has 0 spiro atoms. The highest BCUT2D eigenvalue weighted by atomic mass is 19.1. The van der Waals surface area contributed by atoms with Crippen LogP contribution in [0.1, 0.15) is 5.56 Å². The first-order valence-electron chi connectivity index (χ1n) is 13.7. The fourth-order valence-corrected chi connectivity index (χ4v) is 4.42. The van der Waals surface area contributed by atoms with Crippen LogP contribution in [0, 0.1) is 5.82 Å². The minimum Gasteiger partial charge on any atom is -0.497 e. The summed E-state index contributed by atoms with van der Waals surface area (Å²) in [5.74, 6) is 2.38. The SMILES string of the molecule is CN1CCN(c2ccc(NCc3cccc(F)c3)cc2)CC1.COc1ccc(NC2=CC(NC=O)=NCN2)c(OC)c1. The standard InChI is InChI=1S/C18H22FN3.C13H16N4O3/c1-21-9-11-22(12-10-21)18-7-5-17(6-8-18)20-14-15-3-2-4-16(19)13-15;1-19-9-3-4-10(11(5-9)20-2)17-13-6-12(16-8-18)14-7-15-13/h2-8,13,20H,9-12,14H2,1H3;3-6,8,15,17H,7H2,1-2H3,(H,14,16,18). The number of aliphatic imine (C=N–C) groups is 1. The predicted molar refractivity (Wildman–Crippen MR) is 166 cm³/mol. The molecule has 11 heteroatoms. The number of ether oxygens (including phenoxy) is 2. The van der Waals surface area contributed by atoms with Crippen LogP contribution in [-0.2, 0) is 11.3 Å². The summed E-state index contributed by atoms with van der Waals surface area (Å²) in [4.78, 5) is 19.3. The molecule has 1 fully saturated rings. The maximum absolute atomic E-state index is 13.1. The lowest BCUT2D eigenvalue weighted by Gasteiger charge is -2.34. The molecule has 2 heterocycles. The van der Waals surface area contributed by atoms with Crippen LogP contribution in [0.2, 0.25) is 0 Å². The normalized spacial score (nSPS) is 14.7. The number of likely N-dealkylation sites (N-methyl/N-ethyl adjacent to an activating group) is 1. The molecule has 2 aliphatic heterocycles. The van der Waals surface area contributed by atoms with Crippen LogP contribution >= 0.6 is 0 Å². The summed E-state index contributed by atoms with van der Waals surface area (Å²) in [5.41, 5.74) is 4.05. The number of hydrogen-bond acceptors (Lipinski definition) is 9. The zero-order valence-corrected chi connectivity index (χ0v) is 24.2. The number of carbonyl (C=O) groups is 1. The third-order valence-corrected chi connectivity index (χ3v) is 6.81. The Bertz CT molecular complexity index is 1370. The highest BCUT2D eigenvalue weighted by molar-refractivity contribution is 6.00. The van der Waals surface area contributed by atoms with Gasteiger partial charge in [0.2, 0.25) is 6.41 Å². The topological polar surface area (TPSA) is 102 Å². The number of methoxy groups -OCH3 is 2. The van der Waals surface area contributed by atoms with Crippen molar-refractivity contribution < 1.29 is 18.7 Å². The van der Waals surface area contributed by atoms with Gasteiger partial charge in [-0.2, -0.15) is 0 Å². The van der Waals surface area contributed by atoms with Crippen molar-refractivity contribution in [2.24, 2.45) is 4.99 Å². The van der Waals surface area contributed by atoms with E-state index in [2.05, 4.69) is 67.4 Å². The van der Waals surface area contributed by atoms with Crippen molar-refractivity contribution >= 4 is 29.3 Å². The lowest BCUT2D eigenvalue weighted by atomic mass is 10.2. The van der Waals surface area contributed by atoms with Crippen LogP contribution in [0.5, 0.6) is 11.5 Å². The molecule has 3 aromatic rings. The number of amides is 1. The number of anilines is 3. The zero-order chi connectivity index (χ0) is 29.7. The number of nitrogens with zero attached hydrogens (tertiary/aromatic N) is 3. The third kappa shape index (κ3) is 8.87. The van der Waals surface area contributed by atoms with E-state index in [4.69, 9.17) is 9.47 Å². The summed E-state index contributed by atoms with van der Waals surface area (Å²) in [6.07, 6.45) is 2.29. The number of hydrogen-bond donors (Lipinski definition) is 4. The summed E-state index contributed by atoms with van der Waals surface area (Å²) in [6, 6.07) is 20.6. The Hall–Kier alpha value is -4.77. The van der Waals surface area contributed by atoms with Crippen LogP contribution in [0.15, 0.2) is 83.6 Å². The van der Waals surface area contributed by atoms with E-state index < -0.39 is 0 Å². The number of amidine groups is 1. The van der Waals surface area contributed by atoms with Crippen molar-refractivity contribution in [3.63, 3.8) is 0 Å². The number of rotatable bonds is 9. The van der Waals surface area contributed by atoms with Crippen LogP contribution in [0.25, 0.3) is 0 Å². The Morgan fingerprint density at radius 2 is 1.79 bits per heavy atom. The van der Waals surface area contributed by atoms with E-state index in [9.17, 15) is 9.18 Å². The highest BCUT2D eigenvalue weighted by Gasteiger charge is 2.14. The Balaban J connectivity index is 0.000000194. The maximum Gasteiger partial charge on any atom is 0.212 e. The molecule has 0 atom stereocenters. The molecule has 0 saturated carbocycles. The Morgan fingerprint density at radius 1 is 1.00 bits per heavy atom.